The average Bonchev–Trinajstić information content (AvgIpc) is 2.78. The molecule has 1 saturated heterocycles. The average molecular weight is 236 g/mol. The number of aromatic nitrogens is 1. The monoisotopic (exact) mass is 236 g/mol. The van der Waals surface area contributed by atoms with Crippen molar-refractivity contribution >= 4 is 0 Å². The molecule has 0 aliphatic carbocycles. The molecule has 0 saturated carbocycles. The maximum absolute atomic E-state index is 5.91. The van der Waals surface area contributed by atoms with E-state index in [9.17, 15) is 0 Å². The Bertz CT molecular complexity index is 368. The first-order valence-corrected chi connectivity index (χ1v) is 6.09. The van der Waals surface area contributed by atoms with E-state index >= 15 is 0 Å². The lowest BCUT2D eigenvalue weighted by Crippen LogP contribution is -2.30. The quantitative estimate of drug-likeness (QED) is 0.800. The Balaban J connectivity index is 1.93. The summed E-state index contributed by atoms with van der Waals surface area (Å²) >= 11 is 0. The maximum atomic E-state index is 5.91. The van der Waals surface area contributed by atoms with Gasteiger partial charge < -0.3 is 9.47 Å². The van der Waals surface area contributed by atoms with Crippen LogP contribution in [0, 0.1) is 0 Å². The smallest absolute Gasteiger partial charge is 0.141 e. The molecule has 2 rings (SSSR count). The Morgan fingerprint density at radius 3 is 2.76 bits per heavy atom. The van der Waals surface area contributed by atoms with Crippen LogP contribution >= 0.6 is 0 Å². The molecule has 1 atom stereocenters. The molecule has 1 aliphatic rings. The molecule has 4 nitrogen and oxygen atoms in total. The Labute approximate surface area is 103 Å². The zero-order valence-corrected chi connectivity index (χ0v) is 10.7. The van der Waals surface area contributed by atoms with Gasteiger partial charge in [0.15, 0.2) is 0 Å². The van der Waals surface area contributed by atoms with E-state index in [4.69, 9.17) is 9.47 Å². The second kappa shape index (κ2) is 5.36. The van der Waals surface area contributed by atoms with Crippen LogP contribution in [0.3, 0.4) is 0 Å². The van der Waals surface area contributed by atoms with Crippen molar-refractivity contribution in [1.82, 2.24) is 9.88 Å². The highest BCUT2D eigenvalue weighted by molar-refractivity contribution is 5.28. The molecule has 1 aromatic heterocycles. The Kier molecular flexibility index (Phi) is 3.84. The summed E-state index contributed by atoms with van der Waals surface area (Å²) in [5.74, 6) is 1.53. The molecule has 94 valence electrons. The third-order valence-corrected chi connectivity index (χ3v) is 3.13. The van der Waals surface area contributed by atoms with Crippen molar-refractivity contribution in [3.05, 3.63) is 18.5 Å². The molecule has 0 radical (unpaired) electrons. The molecule has 0 amide bonds. The van der Waals surface area contributed by atoms with Crippen LogP contribution in [0.5, 0.6) is 11.5 Å². The third kappa shape index (κ3) is 3.09. The van der Waals surface area contributed by atoms with Crippen molar-refractivity contribution in [3.8, 4) is 11.5 Å². The van der Waals surface area contributed by atoms with Crippen LogP contribution in [0.4, 0.5) is 0 Å². The van der Waals surface area contributed by atoms with Gasteiger partial charge in [0.1, 0.15) is 17.6 Å². The molecule has 0 bridgehead atoms. The summed E-state index contributed by atoms with van der Waals surface area (Å²) in [4.78, 5) is 6.52. The van der Waals surface area contributed by atoms with Gasteiger partial charge in [-0.2, -0.15) is 0 Å². The van der Waals surface area contributed by atoms with Crippen molar-refractivity contribution in [1.29, 1.82) is 0 Å². The number of rotatable bonds is 4. The SMILES string of the molecule is COc1cncc(OC2CCN(C(C)C)C2)c1. The van der Waals surface area contributed by atoms with Gasteiger partial charge in [-0.3, -0.25) is 9.88 Å². The van der Waals surface area contributed by atoms with Gasteiger partial charge >= 0.3 is 0 Å². The van der Waals surface area contributed by atoms with Crippen LogP contribution in [0.15, 0.2) is 18.5 Å². The Morgan fingerprint density at radius 2 is 2.12 bits per heavy atom. The number of ether oxygens (including phenoxy) is 2. The van der Waals surface area contributed by atoms with Crippen LogP contribution in [0.25, 0.3) is 0 Å². The normalized spacial score (nSPS) is 20.8. The lowest BCUT2D eigenvalue weighted by molar-refractivity contribution is 0.186. The largest absolute Gasteiger partial charge is 0.495 e. The zero-order valence-electron chi connectivity index (χ0n) is 10.7. The second-order valence-corrected chi connectivity index (χ2v) is 4.68. The molecule has 0 aromatic carbocycles. The fraction of sp³-hybridized carbons (Fsp3) is 0.615. The summed E-state index contributed by atoms with van der Waals surface area (Å²) in [6.07, 6.45) is 4.77. The molecular weight excluding hydrogens is 216 g/mol. The minimum Gasteiger partial charge on any atom is -0.495 e. The minimum absolute atomic E-state index is 0.270. The summed E-state index contributed by atoms with van der Waals surface area (Å²) in [7, 11) is 1.64. The number of hydrogen-bond acceptors (Lipinski definition) is 4. The van der Waals surface area contributed by atoms with Gasteiger partial charge in [-0.1, -0.05) is 0 Å². The highest BCUT2D eigenvalue weighted by atomic mass is 16.5. The van der Waals surface area contributed by atoms with E-state index in [1.807, 2.05) is 6.07 Å². The third-order valence-electron chi connectivity index (χ3n) is 3.13. The minimum atomic E-state index is 0.270. The lowest BCUT2D eigenvalue weighted by Gasteiger charge is -2.20. The van der Waals surface area contributed by atoms with Gasteiger partial charge in [-0.25, -0.2) is 0 Å². The molecule has 1 fully saturated rings. The van der Waals surface area contributed by atoms with Crippen molar-refractivity contribution in [2.75, 3.05) is 20.2 Å². The van der Waals surface area contributed by atoms with Crippen LogP contribution in [0.2, 0.25) is 0 Å². The molecule has 1 aromatic rings. The molecule has 1 aliphatic heterocycles. The van der Waals surface area contributed by atoms with Crippen LogP contribution in [0.1, 0.15) is 20.3 Å². The predicted molar refractivity (Wildman–Crippen MR) is 66.5 cm³/mol. The van der Waals surface area contributed by atoms with E-state index in [1.54, 1.807) is 19.5 Å². The number of pyridine rings is 1. The number of hydrogen-bond donors (Lipinski definition) is 0. The van der Waals surface area contributed by atoms with Crippen molar-refractivity contribution < 1.29 is 9.47 Å². The summed E-state index contributed by atoms with van der Waals surface area (Å²) in [5, 5.41) is 0. The van der Waals surface area contributed by atoms with Crippen molar-refractivity contribution in [2.24, 2.45) is 0 Å². The van der Waals surface area contributed by atoms with Gasteiger partial charge in [-0.05, 0) is 20.3 Å². The van der Waals surface area contributed by atoms with Crippen molar-refractivity contribution in [3.63, 3.8) is 0 Å². The molecule has 0 N–H and O–H groups in total. The molecule has 17 heavy (non-hydrogen) atoms. The lowest BCUT2D eigenvalue weighted by atomic mass is 10.3. The number of methoxy groups -OCH3 is 1. The van der Waals surface area contributed by atoms with Gasteiger partial charge in [-0.15, -0.1) is 0 Å². The number of likely N-dealkylation sites (tertiary alicyclic amines) is 1. The van der Waals surface area contributed by atoms with Gasteiger partial charge in [0, 0.05) is 25.2 Å². The van der Waals surface area contributed by atoms with Crippen molar-refractivity contribution in [2.45, 2.75) is 32.4 Å². The Morgan fingerprint density at radius 1 is 1.35 bits per heavy atom. The highest BCUT2D eigenvalue weighted by Gasteiger charge is 2.25. The maximum Gasteiger partial charge on any atom is 0.141 e. The molecule has 1 unspecified atom stereocenters. The standard InChI is InChI=1S/C13H20N2O2/c1-10(2)15-5-4-11(9-15)17-13-6-12(16-3)7-14-8-13/h6-8,10-11H,4-5,9H2,1-3H3. The molecule has 2 heterocycles. The predicted octanol–water partition coefficient (Wildman–Crippen LogP) is 1.95. The van der Waals surface area contributed by atoms with Gasteiger partial charge in [0.05, 0.1) is 19.5 Å². The molecule has 0 spiro atoms. The summed E-state index contributed by atoms with van der Waals surface area (Å²) in [5.41, 5.74) is 0. The van der Waals surface area contributed by atoms with Crippen LogP contribution in [-0.2, 0) is 0 Å². The fourth-order valence-electron chi connectivity index (χ4n) is 2.09. The van der Waals surface area contributed by atoms with E-state index in [1.165, 1.54) is 0 Å². The first-order chi connectivity index (χ1) is 8.19. The summed E-state index contributed by atoms with van der Waals surface area (Å²) in [6.45, 7) is 6.54. The van der Waals surface area contributed by atoms with Gasteiger partial charge in [0.2, 0.25) is 0 Å². The van der Waals surface area contributed by atoms with Crippen LogP contribution in [-0.4, -0.2) is 42.2 Å². The van der Waals surface area contributed by atoms with E-state index in [-0.39, 0.29) is 6.10 Å². The number of nitrogens with zero attached hydrogens (tertiary/aromatic N) is 2. The summed E-state index contributed by atoms with van der Waals surface area (Å²) in [6, 6.07) is 2.47. The first-order valence-electron chi connectivity index (χ1n) is 6.09. The topological polar surface area (TPSA) is 34.6 Å². The van der Waals surface area contributed by atoms with E-state index in [2.05, 4.69) is 23.7 Å². The fourth-order valence-corrected chi connectivity index (χ4v) is 2.09. The van der Waals surface area contributed by atoms with Gasteiger partial charge in [0.25, 0.3) is 0 Å². The second-order valence-electron chi connectivity index (χ2n) is 4.68. The molecular formula is C13H20N2O2. The Hall–Kier alpha value is -1.29. The molecule has 4 heteroatoms. The van der Waals surface area contributed by atoms with E-state index in [0.717, 1.165) is 31.0 Å². The zero-order chi connectivity index (χ0) is 12.3. The van der Waals surface area contributed by atoms with E-state index < -0.39 is 0 Å². The summed E-state index contributed by atoms with van der Waals surface area (Å²) < 4.78 is 11.0. The van der Waals surface area contributed by atoms with E-state index in [0.29, 0.717) is 6.04 Å². The highest BCUT2D eigenvalue weighted by Crippen LogP contribution is 2.22. The first kappa shape index (κ1) is 12.2. The van der Waals surface area contributed by atoms with Crippen LogP contribution < -0.4 is 9.47 Å².